The van der Waals surface area contributed by atoms with Crippen molar-refractivity contribution < 1.29 is 14.4 Å². The lowest BCUT2D eigenvalue weighted by Crippen LogP contribution is -2.29. The minimum Gasteiger partial charge on any atom is -0.342 e. The van der Waals surface area contributed by atoms with Gasteiger partial charge >= 0.3 is 0 Å². The zero-order chi connectivity index (χ0) is 20.8. The quantitative estimate of drug-likeness (QED) is 0.650. The fourth-order valence-corrected chi connectivity index (χ4v) is 3.46. The molecule has 1 unspecified atom stereocenters. The Bertz CT molecular complexity index is 881. The van der Waals surface area contributed by atoms with Crippen molar-refractivity contribution in [3.8, 4) is 0 Å². The average molecular weight is 458 g/mol. The molecule has 0 bridgehead atoms. The Morgan fingerprint density at radius 3 is 2.31 bits per heavy atom. The number of halogens is 1. The second kappa shape index (κ2) is 9.69. The highest BCUT2D eigenvalue weighted by atomic mass is 79.9. The van der Waals surface area contributed by atoms with Crippen LogP contribution in [0.15, 0.2) is 53.0 Å². The van der Waals surface area contributed by atoms with E-state index in [0.717, 1.165) is 17.3 Å². The number of hydrogen-bond acceptors (Lipinski definition) is 3. The van der Waals surface area contributed by atoms with Crippen LogP contribution in [-0.2, 0) is 9.59 Å². The van der Waals surface area contributed by atoms with E-state index < -0.39 is 0 Å². The molecule has 7 heteroatoms. The van der Waals surface area contributed by atoms with E-state index in [4.69, 9.17) is 0 Å². The van der Waals surface area contributed by atoms with Gasteiger partial charge in [-0.05, 0) is 55.0 Å². The van der Waals surface area contributed by atoms with Crippen molar-refractivity contribution >= 4 is 45.0 Å². The van der Waals surface area contributed by atoms with Gasteiger partial charge in [-0.15, -0.1) is 0 Å². The number of hydrogen-bond donors (Lipinski definition) is 2. The predicted octanol–water partition coefficient (Wildman–Crippen LogP) is 4.29. The molecule has 3 amide bonds. The zero-order valence-electron chi connectivity index (χ0n) is 16.3. The molecule has 0 aromatic heterocycles. The van der Waals surface area contributed by atoms with Gasteiger partial charge in [-0.1, -0.05) is 29.3 Å². The summed E-state index contributed by atoms with van der Waals surface area (Å²) in [5, 5.41) is 5.68. The van der Waals surface area contributed by atoms with Gasteiger partial charge in [0, 0.05) is 40.9 Å². The Hall–Kier alpha value is -2.67. The second-order valence-corrected chi connectivity index (χ2v) is 8.04. The third kappa shape index (κ3) is 5.67. The van der Waals surface area contributed by atoms with Gasteiger partial charge in [0.15, 0.2) is 0 Å². The molecule has 2 N–H and O–H groups in total. The van der Waals surface area contributed by atoms with Gasteiger partial charge in [-0.3, -0.25) is 14.4 Å². The lowest BCUT2D eigenvalue weighted by atomic mass is 10.1. The van der Waals surface area contributed by atoms with E-state index in [1.807, 2.05) is 24.3 Å². The first-order valence-electron chi connectivity index (χ1n) is 9.72. The third-order valence-corrected chi connectivity index (χ3v) is 5.41. The van der Waals surface area contributed by atoms with Gasteiger partial charge in [0.25, 0.3) is 5.91 Å². The van der Waals surface area contributed by atoms with Crippen molar-refractivity contribution in [2.75, 3.05) is 23.7 Å². The van der Waals surface area contributed by atoms with Crippen LogP contribution < -0.4 is 10.6 Å². The number of nitrogens with one attached hydrogen (secondary N) is 2. The van der Waals surface area contributed by atoms with Crippen molar-refractivity contribution in [1.29, 1.82) is 0 Å². The molecule has 1 atom stereocenters. The van der Waals surface area contributed by atoms with E-state index in [1.165, 1.54) is 0 Å². The molecule has 2 aromatic rings. The number of rotatable bonds is 7. The van der Waals surface area contributed by atoms with E-state index in [0.29, 0.717) is 30.0 Å². The molecule has 1 aliphatic rings. The maximum absolute atomic E-state index is 12.5. The first kappa shape index (κ1) is 21.0. The average Bonchev–Trinajstić information content (AvgIpc) is 3.09. The second-order valence-electron chi connectivity index (χ2n) is 7.12. The zero-order valence-corrected chi connectivity index (χ0v) is 17.9. The van der Waals surface area contributed by atoms with Crippen LogP contribution in [0.5, 0.6) is 0 Å². The molecule has 0 radical (unpaired) electrons. The number of amides is 3. The van der Waals surface area contributed by atoms with Gasteiger partial charge in [0.05, 0.1) is 5.92 Å². The van der Waals surface area contributed by atoms with Crippen molar-refractivity contribution in [3.63, 3.8) is 0 Å². The van der Waals surface area contributed by atoms with Crippen LogP contribution in [0.25, 0.3) is 0 Å². The molecule has 29 heavy (non-hydrogen) atoms. The Morgan fingerprint density at radius 2 is 1.66 bits per heavy atom. The molecule has 2 aromatic carbocycles. The van der Waals surface area contributed by atoms with E-state index in [2.05, 4.69) is 33.5 Å². The molecular weight excluding hydrogens is 434 g/mol. The summed E-state index contributed by atoms with van der Waals surface area (Å²) in [4.78, 5) is 38.6. The van der Waals surface area contributed by atoms with E-state index in [-0.39, 0.29) is 30.1 Å². The van der Waals surface area contributed by atoms with Crippen LogP contribution >= 0.6 is 15.9 Å². The summed E-state index contributed by atoms with van der Waals surface area (Å²) in [6.07, 6.45) is 2.22. The summed E-state index contributed by atoms with van der Waals surface area (Å²) in [5.74, 6) is -0.680. The van der Waals surface area contributed by atoms with Gasteiger partial charge in [-0.2, -0.15) is 0 Å². The largest absolute Gasteiger partial charge is 0.342 e. The van der Waals surface area contributed by atoms with Gasteiger partial charge in [0.2, 0.25) is 11.8 Å². The number of unbranched alkanes of at least 4 members (excludes halogenated alkanes) is 1. The third-order valence-electron chi connectivity index (χ3n) is 4.88. The lowest BCUT2D eigenvalue weighted by Gasteiger charge is -2.16. The normalized spacial score (nSPS) is 16.0. The fourth-order valence-electron chi connectivity index (χ4n) is 3.20. The Labute approximate surface area is 178 Å². The maximum atomic E-state index is 12.5. The highest BCUT2D eigenvalue weighted by Gasteiger charge is 2.33. The number of benzene rings is 2. The molecule has 1 saturated heterocycles. The molecule has 6 nitrogen and oxygen atoms in total. The first-order chi connectivity index (χ1) is 14.0. The fraction of sp³-hybridized carbons (Fsp3) is 0.318. The molecule has 1 fully saturated rings. The summed E-state index contributed by atoms with van der Waals surface area (Å²) in [6, 6.07) is 14.0. The SMILES string of the molecule is CCCCN1CC(C(=O)Nc2ccc(C(=O)Nc3ccc(Br)cc3)cc2)CC1=O. The number of likely N-dealkylation sites (tertiary alicyclic amines) is 1. The van der Waals surface area contributed by atoms with Crippen LogP contribution in [-0.4, -0.2) is 35.7 Å². The van der Waals surface area contributed by atoms with E-state index in [1.54, 1.807) is 29.2 Å². The summed E-state index contributed by atoms with van der Waals surface area (Å²) in [5.41, 5.74) is 1.80. The monoisotopic (exact) mass is 457 g/mol. The Balaban J connectivity index is 1.55. The van der Waals surface area contributed by atoms with Crippen LogP contribution in [0.2, 0.25) is 0 Å². The topological polar surface area (TPSA) is 78.5 Å². The summed E-state index contributed by atoms with van der Waals surface area (Å²) in [6.45, 7) is 3.26. The standard InChI is InChI=1S/C22H24BrN3O3/c1-2-3-12-26-14-16(13-20(26)27)22(29)25-18-8-4-15(5-9-18)21(28)24-19-10-6-17(23)7-11-19/h4-11,16H,2-3,12-14H2,1H3,(H,24,28)(H,25,29). The van der Waals surface area contributed by atoms with Crippen LogP contribution in [0.1, 0.15) is 36.5 Å². The van der Waals surface area contributed by atoms with Crippen LogP contribution in [0.3, 0.4) is 0 Å². The van der Waals surface area contributed by atoms with E-state index in [9.17, 15) is 14.4 Å². The minimum atomic E-state index is -0.334. The number of nitrogens with zero attached hydrogens (tertiary/aromatic N) is 1. The highest BCUT2D eigenvalue weighted by Crippen LogP contribution is 2.21. The van der Waals surface area contributed by atoms with Crippen molar-refractivity contribution in [2.24, 2.45) is 5.92 Å². The Kier molecular flexibility index (Phi) is 7.04. The smallest absolute Gasteiger partial charge is 0.255 e. The first-order valence-corrected chi connectivity index (χ1v) is 10.5. The maximum Gasteiger partial charge on any atom is 0.255 e. The molecule has 0 saturated carbocycles. The van der Waals surface area contributed by atoms with Gasteiger partial charge in [-0.25, -0.2) is 0 Å². The molecular formula is C22H24BrN3O3. The number of carbonyl (C=O) groups is 3. The number of anilines is 2. The molecule has 0 spiro atoms. The molecule has 152 valence electrons. The highest BCUT2D eigenvalue weighted by molar-refractivity contribution is 9.10. The minimum absolute atomic E-state index is 0.0403. The van der Waals surface area contributed by atoms with Crippen molar-refractivity contribution in [3.05, 3.63) is 58.6 Å². The predicted molar refractivity (Wildman–Crippen MR) is 117 cm³/mol. The summed E-state index contributed by atoms with van der Waals surface area (Å²) in [7, 11) is 0. The molecule has 3 rings (SSSR count). The molecule has 1 aliphatic heterocycles. The van der Waals surface area contributed by atoms with Gasteiger partial charge < -0.3 is 15.5 Å². The summed E-state index contributed by atoms with van der Waals surface area (Å²) >= 11 is 3.36. The van der Waals surface area contributed by atoms with Gasteiger partial charge in [0.1, 0.15) is 0 Å². The Morgan fingerprint density at radius 1 is 1.03 bits per heavy atom. The lowest BCUT2D eigenvalue weighted by molar-refractivity contribution is -0.128. The number of carbonyl (C=O) groups excluding carboxylic acids is 3. The van der Waals surface area contributed by atoms with Crippen LogP contribution in [0, 0.1) is 5.92 Å². The summed E-state index contributed by atoms with van der Waals surface area (Å²) < 4.78 is 0.938. The van der Waals surface area contributed by atoms with Crippen molar-refractivity contribution in [1.82, 2.24) is 4.90 Å². The van der Waals surface area contributed by atoms with Crippen LogP contribution in [0.4, 0.5) is 11.4 Å². The van der Waals surface area contributed by atoms with Crippen molar-refractivity contribution in [2.45, 2.75) is 26.2 Å². The molecule has 1 heterocycles. The van der Waals surface area contributed by atoms with E-state index >= 15 is 0 Å². The molecule has 0 aliphatic carbocycles.